The molecule has 1 aliphatic carbocycles. The highest BCUT2D eigenvalue weighted by atomic mass is 16.3. The van der Waals surface area contributed by atoms with Gasteiger partial charge in [0, 0.05) is 0 Å². The van der Waals surface area contributed by atoms with Crippen molar-refractivity contribution in [2.75, 3.05) is 6.54 Å². The number of hydrogen-bond donors (Lipinski definition) is 2. The Morgan fingerprint density at radius 2 is 2.21 bits per heavy atom. The lowest BCUT2D eigenvalue weighted by atomic mass is 9.78. The van der Waals surface area contributed by atoms with Gasteiger partial charge in [-0.25, -0.2) is 0 Å². The number of phenols is 1. The fourth-order valence-corrected chi connectivity index (χ4v) is 2.46. The van der Waals surface area contributed by atoms with Crippen LogP contribution in [0.3, 0.4) is 0 Å². The molecule has 0 bridgehead atoms. The summed E-state index contributed by atoms with van der Waals surface area (Å²) in [5.74, 6) is 0.855. The molecule has 0 amide bonds. The van der Waals surface area contributed by atoms with E-state index in [0.29, 0.717) is 18.2 Å². The van der Waals surface area contributed by atoms with Crippen molar-refractivity contribution in [2.24, 2.45) is 11.7 Å². The molecule has 0 heterocycles. The number of fused-ring (bicyclic) bond motifs is 1. The molecule has 0 aliphatic heterocycles. The summed E-state index contributed by atoms with van der Waals surface area (Å²) in [4.78, 5) is 0. The molecule has 0 fully saturated rings. The van der Waals surface area contributed by atoms with E-state index >= 15 is 0 Å². The summed E-state index contributed by atoms with van der Waals surface area (Å²) in [6, 6.07) is 5.65. The fraction of sp³-hybridized carbons (Fsp3) is 0.500. The SMILES string of the molecule is CC1(C)c2cc(O)ccc2CC1CN. The van der Waals surface area contributed by atoms with Crippen LogP contribution in [-0.2, 0) is 11.8 Å². The lowest BCUT2D eigenvalue weighted by molar-refractivity contribution is 0.357. The first-order chi connectivity index (χ1) is 6.55. The summed E-state index contributed by atoms with van der Waals surface area (Å²) in [7, 11) is 0. The average Bonchev–Trinajstić information content (AvgIpc) is 2.38. The number of nitrogens with two attached hydrogens (primary N) is 1. The molecule has 2 rings (SSSR count). The molecule has 2 nitrogen and oxygen atoms in total. The van der Waals surface area contributed by atoms with Crippen molar-refractivity contribution in [3.05, 3.63) is 29.3 Å². The topological polar surface area (TPSA) is 46.2 Å². The first-order valence-electron chi connectivity index (χ1n) is 5.08. The van der Waals surface area contributed by atoms with Gasteiger partial charge in [0.15, 0.2) is 0 Å². The smallest absolute Gasteiger partial charge is 0.115 e. The zero-order valence-electron chi connectivity index (χ0n) is 8.75. The molecule has 0 spiro atoms. The number of benzene rings is 1. The van der Waals surface area contributed by atoms with Crippen LogP contribution >= 0.6 is 0 Å². The maximum Gasteiger partial charge on any atom is 0.115 e. The summed E-state index contributed by atoms with van der Waals surface area (Å²) in [6.45, 7) is 5.12. The van der Waals surface area contributed by atoms with Gasteiger partial charge in [-0.2, -0.15) is 0 Å². The molecule has 0 saturated heterocycles. The quantitative estimate of drug-likeness (QED) is 0.711. The fourth-order valence-electron chi connectivity index (χ4n) is 2.46. The Labute approximate surface area is 84.7 Å². The third-order valence-corrected chi connectivity index (χ3v) is 3.56. The summed E-state index contributed by atoms with van der Waals surface area (Å²) >= 11 is 0. The highest BCUT2D eigenvalue weighted by Gasteiger charge is 2.38. The molecule has 1 unspecified atom stereocenters. The van der Waals surface area contributed by atoms with Crippen molar-refractivity contribution in [1.82, 2.24) is 0 Å². The molecule has 1 aliphatic rings. The van der Waals surface area contributed by atoms with Crippen LogP contribution in [0.4, 0.5) is 0 Å². The highest BCUT2D eigenvalue weighted by Crippen LogP contribution is 2.43. The van der Waals surface area contributed by atoms with Gasteiger partial charge in [0.2, 0.25) is 0 Å². The van der Waals surface area contributed by atoms with E-state index in [1.165, 1.54) is 11.1 Å². The minimum absolute atomic E-state index is 0.100. The van der Waals surface area contributed by atoms with Gasteiger partial charge in [0.05, 0.1) is 0 Å². The van der Waals surface area contributed by atoms with Crippen LogP contribution < -0.4 is 5.73 Å². The zero-order valence-corrected chi connectivity index (χ0v) is 8.75. The van der Waals surface area contributed by atoms with Crippen molar-refractivity contribution in [1.29, 1.82) is 0 Å². The maximum atomic E-state index is 9.46. The third kappa shape index (κ3) is 1.22. The first kappa shape index (κ1) is 9.53. The molecule has 1 atom stereocenters. The molecule has 3 N–H and O–H groups in total. The van der Waals surface area contributed by atoms with Crippen LogP contribution in [0, 0.1) is 5.92 Å². The van der Waals surface area contributed by atoms with Crippen molar-refractivity contribution in [2.45, 2.75) is 25.7 Å². The van der Waals surface area contributed by atoms with E-state index in [-0.39, 0.29) is 5.41 Å². The molecular weight excluding hydrogens is 174 g/mol. The standard InChI is InChI=1S/C12H17NO/c1-12(2)9(7-13)5-8-3-4-10(14)6-11(8)12/h3-4,6,9,14H,5,7,13H2,1-2H3. The summed E-state index contributed by atoms with van der Waals surface area (Å²) < 4.78 is 0. The normalized spacial score (nSPS) is 23.5. The van der Waals surface area contributed by atoms with E-state index in [9.17, 15) is 5.11 Å². The molecule has 0 radical (unpaired) electrons. The predicted octanol–water partition coefficient (Wildman–Crippen LogP) is 1.80. The number of hydrogen-bond acceptors (Lipinski definition) is 2. The van der Waals surface area contributed by atoms with E-state index in [1.54, 1.807) is 6.07 Å². The minimum atomic E-state index is 0.100. The molecular formula is C12H17NO. The third-order valence-electron chi connectivity index (χ3n) is 3.56. The molecule has 1 aromatic carbocycles. The zero-order chi connectivity index (χ0) is 10.3. The lowest BCUT2D eigenvalue weighted by Crippen LogP contribution is -2.30. The average molecular weight is 191 g/mol. The predicted molar refractivity (Wildman–Crippen MR) is 57.4 cm³/mol. The van der Waals surface area contributed by atoms with E-state index in [4.69, 9.17) is 5.73 Å². The van der Waals surface area contributed by atoms with Crippen molar-refractivity contribution < 1.29 is 5.11 Å². The number of aromatic hydroxyl groups is 1. The number of rotatable bonds is 1. The van der Waals surface area contributed by atoms with Crippen LogP contribution in [0.25, 0.3) is 0 Å². The van der Waals surface area contributed by atoms with E-state index in [1.807, 2.05) is 12.1 Å². The summed E-state index contributed by atoms with van der Waals surface area (Å²) in [5, 5.41) is 9.46. The van der Waals surface area contributed by atoms with Gasteiger partial charge in [-0.3, -0.25) is 0 Å². The van der Waals surface area contributed by atoms with Gasteiger partial charge < -0.3 is 10.8 Å². The lowest BCUT2D eigenvalue weighted by Gasteiger charge is -2.27. The van der Waals surface area contributed by atoms with Gasteiger partial charge in [-0.05, 0) is 47.6 Å². The maximum absolute atomic E-state index is 9.46. The second-order valence-corrected chi connectivity index (χ2v) is 4.70. The largest absolute Gasteiger partial charge is 0.508 e. The van der Waals surface area contributed by atoms with Gasteiger partial charge in [0.25, 0.3) is 0 Å². The number of phenolic OH excluding ortho intramolecular Hbond substituents is 1. The summed E-state index contributed by atoms with van der Waals surface area (Å²) in [6.07, 6.45) is 1.04. The van der Waals surface area contributed by atoms with E-state index < -0.39 is 0 Å². The Hall–Kier alpha value is -1.02. The van der Waals surface area contributed by atoms with Crippen LogP contribution in [-0.4, -0.2) is 11.7 Å². The molecule has 14 heavy (non-hydrogen) atoms. The highest BCUT2D eigenvalue weighted by molar-refractivity contribution is 5.44. The summed E-state index contributed by atoms with van der Waals surface area (Å²) in [5.41, 5.74) is 8.46. The van der Waals surface area contributed by atoms with Crippen LogP contribution in [0.5, 0.6) is 5.75 Å². The Morgan fingerprint density at radius 3 is 2.86 bits per heavy atom. The minimum Gasteiger partial charge on any atom is -0.508 e. The molecule has 1 aromatic rings. The van der Waals surface area contributed by atoms with Crippen LogP contribution in [0.2, 0.25) is 0 Å². The van der Waals surface area contributed by atoms with Crippen LogP contribution in [0.15, 0.2) is 18.2 Å². The molecule has 76 valence electrons. The van der Waals surface area contributed by atoms with Gasteiger partial charge in [0.1, 0.15) is 5.75 Å². The second kappa shape index (κ2) is 2.99. The van der Waals surface area contributed by atoms with Gasteiger partial charge in [-0.15, -0.1) is 0 Å². The molecule has 2 heteroatoms. The van der Waals surface area contributed by atoms with Crippen LogP contribution in [0.1, 0.15) is 25.0 Å². The second-order valence-electron chi connectivity index (χ2n) is 4.70. The Bertz CT molecular complexity index is 357. The van der Waals surface area contributed by atoms with Crippen molar-refractivity contribution in [3.63, 3.8) is 0 Å². The van der Waals surface area contributed by atoms with E-state index in [0.717, 1.165) is 6.42 Å². The van der Waals surface area contributed by atoms with Gasteiger partial charge >= 0.3 is 0 Å². The van der Waals surface area contributed by atoms with Crippen molar-refractivity contribution in [3.8, 4) is 5.75 Å². The molecule has 0 saturated carbocycles. The Morgan fingerprint density at radius 1 is 1.50 bits per heavy atom. The van der Waals surface area contributed by atoms with Gasteiger partial charge in [-0.1, -0.05) is 19.9 Å². The molecule has 0 aromatic heterocycles. The monoisotopic (exact) mass is 191 g/mol. The van der Waals surface area contributed by atoms with Crippen molar-refractivity contribution >= 4 is 0 Å². The Kier molecular flexibility index (Phi) is 2.04. The Balaban J connectivity index is 2.50. The van der Waals surface area contributed by atoms with E-state index in [2.05, 4.69) is 13.8 Å². The first-order valence-corrected chi connectivity index (χ1v) is 5.08.